The Labute approximate surface area is 119 Å². The molecule has 20 heavy (non-hydrogen) atoms. The van der Waals surface area contributed by atoms with E-state index in [1.165, 1.54) is 19.5 Å². The van der Waals surface area contributed by atoms with E-state index in [4.69, 9.17) is 9.47 Å². The summed E-state index contributed by atoms with van der Waals surface area (Å²) in [5.41, 5.74) is 0.477. The maximum Gasteiger partial charge on any atom is 0.316 e. The van der Waals surface area contributed by atoms with Gasteiger partial charge in [-0.15, -0.1) is 0 Å². The molecule has 0 aliphatic carbocycles. The number of nitrogens with zero attached hydrogens (tertiary/aromatic N) is 3. The summed E-state index contributed by atoms with van der Waals surface area (Å²) in [4.78, 5) is 21.7. The molecule has 0 aromatic carbocycles. The molecule has 0 saturated carbocycles. The minimum absolute atomic E-state index is 0.0695. The number of methoxy groups -OCH3 is 1. The molecule has 1 aromatic heterocycles. The van der Waals surface area contributed by atoms with Gasteiger partial charge in [0.15, 0.2) is 0 Å². The first-order valence-corrected chi connectivity index (χ1v) is 6.94. The van der Waals surface area contributed by atoms with Crippen molar-refractivity contribution in [2.75, 3.05) is 27.3 Å². The fraction of sp³-hybridized carbons (Fsp3) is 0.643. The van der Waals surface area contributed by atoms with Gasteiger partial charge in [0.25, 0.3) is 5.91 Å². The van der Waals surface area contributed by atoms with Crippen molar-refractivity contribution < 1.29 is 14.3 Å². The normalized spacial score (nSPS) is 18.0. The van der Waals surface area contributed by atoms with E-state index in [1.54, 1.807) is 11.9 Å². The van der Waals surface area contributed by atoms with Gasteiger partial charge < -0.3 is 14.4 Å². The Hall–Kier alpha value is -1.69. The molecule has 0 spiro atoms. The molecule has 1 amide bonds. The van der Waals surface area contributed by atoms with Crippen molar-refractivity contribution in [2.24, 2.45) is 0 Å². The molecule has 0 bridgehead atoms. The van der Waals surface area contributed by atoms with Gasteiger partial charge in [-0.05, 0) is 25.7 Å². The molecule has 2 rings (SSSR count). The van der Waals surface area contributed by atoms with Crippen molar-refractivity contribution in [3.05, 3.63) is 18.0 Å². The second-order valence-electron chi connectivity index (χ2n) is 4.96. The van der Waals surface area contributed by atoms with Crippen LogP contribution in [0.15, 0.2) is 12.4 Å². The van der Waals surface area contributed by atoms with Crippen molar-refractivity contribution in [3.63, 3.8) is 0 Å². The van der Waals surface area contributed by atoms with E-state index in [0.717, 1.165) is 32.3 Å². The van der Waals surface area contributed by atoms with Crippen LogP contribution >= 0.6 is 0 Å². The molecule has 6 heteroatoms. The zero-order valence-corrected chi connectivity index (χ0v) is 12.0. The zero-order chi connectivity index (χ0) is 14.4. The molecule has 6 nitrogen and oxygen atoms in total. The van der Waals surface area contributed by atoms with Crippen molar-refractivity contribution >= 4 is 5.91 Å². The van der Waals surface area contributed by atoms with Crippen LogP contribution in [0.25, 0.3) is 0 Å². The predicted octanol–water partition coefficient (Wildman–Crippen LogP) is 1.52. The summed E-state index contributed by atoms with van der Waals surface area (Å²) in [5, 5.41) is 0. The van der Waals surface area contributed by atoms with Crippen molar-refractivity contribution in [2.45, 2.75) is 31.8 Å². The Morgan fingerprint density at radius 3 is 2.85 bits per heavy atom. The van der Waals surface area contributed by atoms with Crippen LogP contribution in [0.2, 0.25) is 0 Å². The lowest BCUT2D eigenvalue weighted by Gasteiger charge is -2.18. The van der Waals surface area contributed by atoms with E-state index < -0.39 is 0 Å². The lowest BCUT2D eigenvalue weighted by molar-refractivity contribution is 0.0762. The van der Waals surface area contributed by atoms with Crippen LogP contribution in [-0.4, -0.2) is 54.2 Å². The van der Waals surface area contributed by atoms with E-state index in [0.29, 0.717) is 18.2 Å². The van der Waals surface area contributed by atoms with Gasteiger partial charge in [0.2, 0.25) is 0 Å². The second kappa shape index (κ2) is 7.19. The van der Waals surface area contributed by atoms with Gasteiger partial charge in [-0.3, -0.25) is 4.79 Å². The molecule has 0 radical (unpaired) electrons. The van der Waals surface area contributed by atoms with Crippen LogP contribution in [0.1, 0.15) is 36.0 Å². The molecule has 1 unspecified atom stereocenters. The molecule has 110 valence electrons. The largest absolute Gasteiger partial charge is 0.467 e. The molecular formula is C14H21N3O3. The Morgan fingerprint density at radius 1 is 1.50 bits per heavy atom. The Morgan fingerprint density at radius 2 is 2.25 bits per heavy atom. The highest BCUT2D eigenvalue weighted by molar-refractivity contribution is 5.93. The first-order chi connectivity index (χ1) is 9.70. The van der Waals surface area contributed by atoms with Crippen LogP contribution < -0.4 is 4.74 Å². The first kappa shape index (κ1) is 14.7. The van der Waals surface area contributed by atoms with E-state index in [9.17, 15) is 4.79 Å². The van der Waals surface area contributed by atoms with Gasteiger partial charge in [-0.25, -0.2) is 9.97 Å². The van der Waals surface area contributed by atoms with Gasteiger partial charge >= 0.3 is 6.01 Å². The van der Waals surface area contributed by atoms with Crippen molar-refractivity contribution in [1.29, 1.82) is 0 Å². The molecule has 1 aliphatic heterocycles. The number of hydrogen-bond donors (Lipinski definition) is 0. The van der Waals surface area contributed by atoms with Crippen molar-refractivity contribution in [1.82, 2.24) is 14.9 Å². The summed E-state index contributed by atoms with van der Waals surface area (Å²) in [6.45, 7) is 1.59. The van der Waals surface area contributed by atoms with E-state index >= 15 is 0 Å². The molecule has 1 aliphatic rings. The molecule has 1 aromatic rings. The van der Waals surface area contributed by atoms with E-state index in [1.807, 2.05) is 0 Å². The Bertz CT molecular complexity index is 430. The summed E-state index contributed by atoms with van der Waals surface area (Å²) in [5.74, 6) is -0.0695. The van der Waals surface area contributed by atoms with Crippen LogP contribution in [0, 0.1) is 0 Å². The van der Waals surface area contributed by atoms with Crippen LogP contribution in [-0.2, 0) is 4.74 Å². The van der Waals surface area contributed by atoms with E-state index in [2.05, 4.69) is 9.97 Å². The third-order valence-corrected chi connectivity index (χ3v) is 3.45. The lowest BCUT2D eigenvalue weighted by Crippen LogP contribution is -2.28. The number of rotatable bonds is 6. The standard InChI is InChI=1S/C14H21N3O3/c1-17(7-3-5-12-6-4-8-20-12)13(18)11-9-15-14(19-2)16-10-11/h9-10,12H,3-8H2,1-2H3. The van der Waals surface area contributed by atoms with Crippen LogP contribution in [0.5, 0.6) is 6.01 Å². The topological polar surface area (TPSA) is 64.5 Å². The number of ether oxygens (including phenoxy) is 2. The fourth-order valence-corrected chi connectivity index (χ4v) is 2.28. The number of hydrogen-bond acceptors (Lipinski definition) is 5. The predicted molar refractivity (Wildman–Crippen MR) is 73.8 cm³/mol. The molecule has 1 fully saturated rings. The van der Waals surface area contributed by atoms with Crippen LogP contribution in [0.4, 0.5) is 0 Å². The number of amides is 1. The highest BCUT2D eigenvalue weighted by Gasteiger charge is 2.17. The highest BCUT2D eigenvalue weighted by Crippen LogP contribution is 2.17. The smallest absolute Gasteiger partial charge is 0.316 e. The first-order valence-electron chi connectivity index (χ1n) is 6.94. The average molecular weight is 279 g/mol. The van der Waals surface area contributed by atoms with Gasteiger partial charge in [-0.1, -0.05) is 0 Å². The average Bonchev–Trinajstić information content (AvgIpc) is 2.99. The number of aromatic nitrogens is 2. The number of carbonyl (C=O) groups excluding carboxylic acids is 1. The third-order valence-electron chi connectivity index (χ3n) is 3.45. The number of carbonyl (C=O) groups is 1. The summed E-state index contributed by atoms with van der Waals surface area (Å²) >= 11 is 0. The summed E-state index contributed by atoms with van der Waals surface area (Å²) in [7, 11) is 3.29. The fourth-order valence-electron chi connectivity index (χ4n) is 2.28. The lowest BCUT2D eigenvalue weighted by atomic mass is 10.1. The summed E-state index contributed by atoms with van der Waals surface area (Å²) in [6.07, 6.45) is 7.62. The Balaban J connectivity index is 1.78. The minimum Gasteiger partial charge on any atom is -0.467 e. The quantitative estimate of drug-likeness (QED) is 0.790. The molecule has 0 N–H and O–H groups in total. The summed E-state index contributed by atoms with van der Waals surface area (Å²) < 4.78 is 10.4. The van der Waals surface area contributed by atoms with Gasteiger partial charge in [0.05, 0.1) is 18.8 Å². The Kier molecular flexibility index (Phi) is 5.29. The third kappa shape index (κ3) is 3.90. The van der Waals surface area contributed by atoms with Crippen LogP contribution in [0.3, 0.4) is 0 Å². The van der Waals surface area contributed by atoms with Gasteiger partial charge in [0, 0.05) is 32.6 Å². The second-order valence-corrected chi connectivity index (χ2v) is 4.96. The molecule has 1 saturated heterocycles. The van der Waals surface area contributed by atoms with Gasteiger partial charge in [0.1, 0.15) is 0 Å². The van der Waals surface area contributed by atoms with Gasteiger partial charge in [-0.2, -0.15) is 0 Å². The maximum atomic E-state index is 12.1. The molecule has 2 heterocycles. The maximum absolute atomic E-state index is 12.1. The molecular weight excluding hydrogens is 258 g/mol. The SMILES string of the molecule is COc1ncc(C(=O)N(C)CCCC2CCCO2)cn1. The molecule has 1 atom stereocenters. The van der Waals surface area contributed by atoms with E-state index in [-0.39, 0.29) is 11.9 Å². The monoisotopic (exact) mass is 279 g/mol. The highest BCUT2D eigenvalue weighted by atomic mass is 16.5. The minimum atomic E-state index is -0.0695. The van der Waals surface area contributed by atoms with Crippen molar-refractivity contribution in [3.8, 4) is 6.01 Å². The summed E-state index contributed by atoms with van der Waals surface area (Å²) in [6, 6.07) is 0.266. The zero-order valence-electron chi connectivity index (χ0n) is 12.0.